The highest BCUT2D eigenvalue weighted by molar-refractivity contribution is 5.98. The third-order valence-electron chi connectivity index (χ3n) is 6.47. The van der Waals surface area contributed by atoms with Gasteiger partial charge < -0.3 is 24.5 Å². The Morgan fingerprint density at radius 2 is 1.94 bits per heavy atom. The van der Waals surface area contributed by atoms with E-state index < -0.39 is 5.97 Å². The Kier molecular flexibility index (Phi) is 7.97. The number of methoxy groups -OCH3 is 1. The molecular formula is C23H31ClN2O5. The zero-order chi connectivity index (χ0) is 21.1. The minimum absolute atomic E-state index is 0. The summed E-state index contributed by atoms with van der Waals surface area (Å²) >= 11 is 0. The summed E-state index contributed by atoms with van der Waals surface area (Å²) in [6, 6.07) is 6.86. The van der Waals surface area contributed by atoms with Crippen LogP contribution in [0.4, 0.5) is 5.69 Å². The Bertz CT molecular complexity index is 907. The smallest absolute Gasteiger partial charge is 0.374 e. The van der Waals surface area contributed by atoms with E-state index in [4.69, 9.17) is 13.9 Å². The predicted octanol–water partition coefficient (Wildman–Crippen LogP) is 4.15. The fraction of sp³-hybridized carbons (Fsp3) is 0.565. The number of carbonyl (C=O) groups is 2. The largest absolute Gasteiger partial charge is 0.460 e. The van der Waals surface area contributed by atoms with Crippen molar-refractivity contribution < 1.29 is 23.5 Å². The molecule has 1 saturated heterocycles. The molecule has 2 aromatic rings. The summed E-state index contributed by atoms with van der Waals surface area (Å²) in [5, 5.41) is 7.20. The number of hydrogen-bond acceptors (Lipinski definition) is 6. The molecule has 2 atom stereocenters. The molecule has 1 aliphatic heterocycles. The SMILES string of the molecule is CCOC(=O)c1cc2cc(NC(=O)[C@H]3NCC[C@@H]3C3CCC(OC)CC3)ccc2o1.Cl. The van der Waals surface area contributed by atoms with Gasteiger partial charge in [0, 0.05) is 18.2 Å². The molecule has 2 fully saturated rings. The second-order valence-corrected chi connectivity index (χ2v) is 8.23. The van der Waals surface area contributed by atoms with E-state index in [9.17, 15) is 9.59 Å². The van der Waals surface area contributed by atoms with Crippen molar-refractivity contribution in [2.75, 3.05) is 25.6 Å². The van der Waals surface area contributed by atoms with Crippen LogP contribution in [0.2, 0.25) is 0 Å². The molecule has 0 unspecified atom stereocenters. The van der Waals surface area contributed by atoms with Gasteiger partial charge in [0.1, 0.15) is 5.58 Å². The minimum Gasteiger partial charge on any atom is -0.460 e. The van der Waals surface area contributed by atoms with Gasteiger partial charge in [-0.15, -0.1) is 12.4 Å². The Morgan fingerprint density at radius 1 is 1.16 bits per heavy atom. The average molecular weight is 451 g/mol. The third kappa shape index (κ3) is 5.22. The van der Waals surface area contributed by atoms with Gasteiger partial charge in [0.2, 0.25) is 11.7 Å². The van der Waals surface area contributed by atoms with Gasteiger partial charge in [-0.05, 0) is 81.7 Å². The van der Waals surface area contributed by atoms with Gasteiger partial charge in [0.05, 0.1) is 18.8 Å². The summed E-state index contributed by atoms with van der Waals surface area (Å²) in [5.74, 6) is 0.598. The maximum atomic E-state index is 13.0. The lowest BCUT2D eigenvalue weighted by molar-refractivity contribution is -0.119. The zero-order valence-electron chi connectivity index (χ0n) is 18.0. The first kappa shape index (κ1) is 23.6. The maximum absolute atomic E-state index is 13.0. The number of benzene rings is 1. The minimum atomic E-state index is -0.486. The molecule has 7 nitrogen and oxygen atoms in total. The first-order chi connectivity index (χ1) is 14.6. The lowest BCUT2D eigenvalue weighted by Gasteiger charge is -2.33. The Morgan fingerprint density at radius 3 is 2.65 bits per heavy atom. The summed E-state index contributed by atoms with van der Waals surface area (Å²) in [4.78, 5) is 24.9. The average Bonchev–Trinajstić information content (AvgIpc) is 3.41. The van der Waals surface area contributed by atoms with Crippen molar-refractivity contribution in [1.82, 2.24) is 5.32 Å². The molecule has 4 rings (SSSR count). The van der Waals surface area contributed by atoms with Crippen LogP contribution < -0.4 is 10.6 Å². The van der Waals surface area contributed by atoms with Crippen molar-refractivity contribution in [3.8, 4) is 0 Å². The van der Waals surface area contributed by atoms with Crippen molar-refractivity contribution in [3.63, 3.8) is 0 Å². The van der Waals surface area contributed by atoms with Crippen molar-refractivity contribution in [3.05, 3.63) is 30.0 Å². The molecular weight excluding hydrogens is 420 g/mol. The number of anilines is 1. The van der Waals surface area contributed by atoms with Crippen LogP contribution in [0.5, 0.6) is 0 Å². The zero-order valence-corrected chi connectivity index (χ0v) is 18.8. The van der Waals surface area contributed by atoms with E-state index in [0.717, 1.165) is 44.0 Å². The number of furan rings is 1. The van der Waals surface area contributed by atoms with E-state index >= 15 is 0 Å². The fourth-order valence-electron chi connectivity index (χ4n) is 4.91. The predicted molar refractivity (Wildman–Crippen MR) is 121 cm³/mol. The monoisotopic (exact) mass is 450 g/mol. The van der Waals surface area contributed by atoms with Crippen LogP contribution in [-0.4, -0.2) is 44.3 Å². The van der Waals surface area contributed by atoms with Crippen LogP contribution in [0.15, 0.2) is 28.7 Å². The Balaban J connectivity index is 0.00000272. The standard InChI is InChI=1S/C23H30N2O5.ClH/c1-3-29-23(27)20-13-15-12-16(6-9-19(15)30-20)25-22(26)21-18(10-11-24-21)14-4-7-17(28-2)8-5-14;/h6,9,12-14,17-18,21,24H,3-5,7-8,10-11H2,1-2H3,(H,25,26);1H/t14?,17?,18-,21+;/m1./s1. The molecule has 8 heteroatoms. The normalized spacial score (nSPS) is 25.7. The number of hydrogen-bond donors (Lipinski definition) is 2. The van der Waals surface area contributed by atoms with Crippen molar-refractivity contribution >= 4 is 40.9 Å². The van der Waals surface area contributed by atoms with Gasteiger partial charge in [0.25, 0.3) is 0 Å². The number of halogens is 1. The van der Waals surface area contributed by atoms with Crippen molar-refractivity contribution in [2.45, 2.75) is 51.2 Å². The van der Waals surface area contributed by atoms with Crippen molar-refractivity contribution in [1.29, 1.82) is 0 Å². The number of carbonyl (C=O) groups excluding carboxylic acids is 2. The fourth-order valence-corrected chi connectivity index (χ4v) is 4.91. The lowest BCUT2D eigenvalue weighted by atomic mass is 9.75. The van der Waals surface area contributed by atoms with Crippen LogP contribution in [0.1, 0.15) is 49.6 Å². The van der Waals surface area contributed by atoms with E-state index in [2.05, 4.69) is 10.6 Å². The van der Waals surface area contributed by atoms with Crippen LogP contribution in [0.3, 0.4) is 0 Å². The highest BCUT2D eigenvalue weighted by Gasteiger charge is 2.39. The van der Waals surface area contributed by atoms with E-state index in [1.807, 2.05) is 6.07 Å². The highest BCUT2D eigenvalue weighted by atomic mass is 35.5. The quantitative estimate of drug-likeness (QED) is 0.642. The second-order valence-electron chi connectivity index (χ2n) is 8.23. The van der Waals surface area contributed by atoms with Crippen molar-refractivity contribution in [2.24, 2.45) is 11.8 Å². The topological polar surface area (TPSA) is 89.8 Å². The molecule has 1 aliphatic carbocycles. The molecule has 170 valence electrons. The molecule has 31 heavy (non-hydrogen) atoms. The van der Waals surface area contributed by atoms with Gasteiger partial charge >= 0.3 is 5.97 Å². The first-order valence-electron chi connectivity index (χ1n) is 10.9. The van der Waals surface area contributed by atoms with E-state index in [-0.39, 0.29) is 30.1 Å². The molecule has 1 amide bonds. The number of ether oxygens (including phenoxy) is 2. The molecule has 1 saturated carbocycles. The highest BCUT2D eigenvalue weighted by Crippen LogP contribution is 2.37. The number of rotatable bonds is 6. The van der Waals surface area contributed by atoms with E-state index in [0.29, 0.717) is 35.8 Å². The van der Waals surface area contributed by atoms with Gasteiger partial charge in [-0.3, -0.25) is 4.79 Å². The molecule has 0 radical (unpaired) electrons. The van der Waals surface area contributed by atoms with Crippen LogP contribution in [0.25, 0.3) is 11.0 Å². The number of fused-ring (bicyclic) bond motifs is 1. The second kappa shape index (κ2) is 10.5. The van der Waals surface area contributed by atoms with Gasteiger partial charge in [-0.1, -0.05) is 0 Å². The number of nitrogens with one attached hydrogen (secondary N) is 2. The van der Waals surface area contributed by atoms with Crippen LogP contribution >= 0.6 is 12.4 Å². The van der Waals surface area contributed by atoms with Crippen LogP contribution in [0, 0.1) is 11.8 Å². The van der Waals surface area contributed by atoms with Gasteiger partial charge in [-0.25, -0.2) is 4.79 Å². The van der Waals surface area contributed by atoms with Gasteiger partial charge in [-0.2, -0.15) is 0 Å². The molecule has 2 aliphatic rings. The molecule has 1 aromatic heterocycles. The molecule has 0 spiro atoms. The molecule has 2 N–H and O–H groups in total. The number of amides is 1. The summed E-state index contributed by atoms with van der Waals surface area (Å²) in [7, 11) is 1.78. The van der Waals surface area contributed by atoms with Gasteiger partial charge in [0.15, 0.2) is 0 Å². The number of esters is 1. The lowest BCUT2D eigenvalue weighted by Crippen LogP contribution is -2.43. The van der Waals surface area contributed by atoms with E-state index in [1.54, 1.807) is 32.2 Å². The van der Waals surface area contributed by atoms with E-state index in [1.165, 1.54) is 0 Å². The van der Waals surface area contributed by atoms with Crippen LogP contribution in [-0.2, 0) is 14.3 Å². The molecule has 0 bridgehead atoms. The summed E-state index contributed by atoms with van der Waals surface area (Å²) in [5.41, 5.74) is 1.28. The Labute approximate surface area is 188 Å². The molecule has 1 aromatic carbocycles. The Hall–Kier alpha value is -2.09. The summed E-state index contributed by atoms with van der Waals surface area (Å²) < 4.78 is 16.0. The third-order valence-corrected chi connectivity index (χ3v) is 6.47. The summed E-state index contributed by atoms with van der Waals surface area (Å²) in [6.07, 6.45) is 5.78. The summed E-state index contributed by atoms with van der Waals surface area (Å²) in [6.45, 7) is 2.91. The maximum Gasteiger partial charge on any atom is 0.374 e. The first-order valence-corrected chi connectivity index (χ1v) is 10.9. The molecule has 2 heterocycles.